The molecule has 1 aliphatic rings. The highest BCUT2D eigenvalue weighted by Gasteiger charge is 2.29. The van der Waals surface area contributed by atoms with Crippen molar-refractivity contribution in [3.63, 3.8) is 0 Å². The number of rotatable bonds is 7. The van der Waals surface area contributed by atoms with Crippen molar-refractivity contribution in [2.45, 2.75) is 32.7 Å². The second kappa shape index (κ2) is 6.76. The van der Waals surface area contributed by atoms with E-state index in [1.165, 1.54) is 12.8 Å². The molecule has 0 aliphatic heterocycles. The van der Waals surface area contributed by atoms with E-state index in [0.717, 1.165) is 16.7 Å². The minimum atomic E-state index is 0.105. The smallest absolute Gasteiger partial charge is 0.270 e. The van der Waals surface area contributed by atoms with Gasteiger partial charge in [0.2, 0.25) is 0 Å². The van der Waals surface area contributed by atoms with Crippen molar-refractivity contribution in [2.75, 3.05) is 26.8 Å². The zero-order valence-corrected chi connectivity index (χ0v) is 14.0. The number of carbonyl (C=O) groups is 1. The first-order valence-electron chi connectivity index (χ1n) is 7.18. The average molecular weight is 343 g/mol. The maximum absolute atomic E-state index is 12.8. The average Bonchev–Trinajstić information content (AvgIpc) is 3.16. The summed E-state index contributed by atoms with van der Waals surface area (Å²) in [6.45, 7) is 6.23. The molecule has 1 aromatic heterocycles. The molecule has 0 spiro atoms. The van der Waals surface area contributed by atoms with Gasteiger partial charge in [0.05, 0.1) is 6.61 Å². The molecule has 0 aromatic carbocycles. The largest absolute Gasteiger partial charge is 0.383 e. The molecule has 1 aliphatic carbocycles. The Hall–Kier alpha value is -0.810. The number of methoxy groups -OCH3 is 1. The van der Waals surface area contributed by atoms with Crippen molar-refractivity contribution < 1.29 is 9.53 Å². The van der Waals surface area contributed by atoms with Crippen LogP contribution in [0.25, 0.3) is 0 Å². The summed E-state index contributed by atoms with van der Waals surface area (Å²) in [6.07, 6.45) is 4.36. The summed E-state index contributed by atoms with van der Waals surface area (Å²) < 4.78 is 8.22. The van der Waals surface area contributed by atoms with Gasteiger partial charge in [-0.3, -0.25) is 4.79 Å². The third kappa shape index (κ3) is 3.85. The van der Waals surface area contributed by atoms with Crippen molar-refractivity contribution >= 4 is 21.8 Å². The fourth-order valence-corrected chi connectivity index (χ4v) is 2.79. The van der Waals surface area contributed by atoms with Crippen LogP contribution in [0.2, 0.25) is 0 Å². The lowest BCUT2D eigenvalue weighted by Crippen LogP contribution is -2.37. The monoisotopic (exact) mass is 342 g/mol. The fourth-order valence-electron chi connectivity index (χ4n) is 2.35. The summed E-state index contributed by atoms with van der Waals surface area (Å²) in [5.41, 5.74) is 0.788. The van der Waals surface area contributed by atoms with Gasteiger partial charge in [0.15, 0.2) is 0 Å². The molecule has 2 rings (SSSR count). The predicted molar refractivity (Wildman–Crippen MR) is 83.0 cm³/mol. The fraction of sp³-hybridized carbons (Fsp3) is 0.667. The molecule has 1 amide bonds. The number of amides is 1. The molecule has 4 nitrogen and oxygen atoms in total. The van der Waals surface area contributed by atoms with Gasteiger partial charge in [-0.1, -0.05) is 13.8 Å². The minimum absolute atomic E-state index is 0.105. The van der Waals surface area contributed by atoms with E-state index >= 15 is 0 Å². The molecule has 0 radical (unpaired) electrons. The zero-order chi connectivity index (χ0) is 14.7. The van der Waals surface area contributed by atoms with Crippen molar-refractivity contribution in [1.29, 1.82) is 0 Å². The Bertz CT molecular complexity index is 466. The van der Waals surface area contributed by atoms with Crippen LogP contribution in [-0.2, 0) is 4.74 Å². The van der Waals surface area contributed by atoms with Crippen LogP contribution in [0, 0.1) is 5.92 Å². The summed E-state index contributed by atoms with van der Waals surface area (Å²) >= 11 is 3.48. The van der Waals surface area contributed by atoms with Crippen molar-refractivity contribution in [3.05, 3.63) is 22.4 Å². The van der Waals surface area contributed by atoms with E-state index in [2.05, 4.69) is 34.3 Å². The molecule has 0 N–H and O–H groups in total. The molecule has 112 valence electrons. The zero-order valence-electron chi connectivity index (χ0n) is 12.4. The Balaban J connectivity index is 2.17. The number of hydrogen-bond acceptors (Lipinski definition) is 2. The molecule has 1 saturated carbocycles. The van der Waals surface area contributed by atoms with Crippen LogP contribution >= 0.6 is 15.9 Å². The van der Waals surface area contributed by atoms with Crippen LogP contribution in [0.1, 0.15) is 43.2 Å². The lowest BCUT2D eigenvalue weighted by molar-refractivity contribution is 0.0661. The van der Waals surface area contributed by atoms with Crippen LogP contribution < -0.4 is 0 Å². The first-order valence-corrected chi connectivity index (χ1v) is 7.97. The lowest BCUT2D eigenvalue weighted by Gasteiger charge is -2.25. The van der Waals surface area contributed by atoms with Crippen molar-refractivity contribution in [1.82, 2.24) is 9.47 Å². The van der Waals surface area contributed by atoms with Crippen molar-refractivity contribution in [2.24, 2.45) is 5.92 Å². The first-order chi connectivity index (χ1) is 9.52. The first kappa shape index (κ1) is 15.6. The Kier molecular flexibility index (Phi) is 5.27. The molecule has 20 heavy (non-hydrogen) atoms. The Morgan fingerprint density at radius 1 is 1.55 bits per heavy atom. The predicted octanol–water partition coefficient (Wildman–Crippen LogP) is 3.33. The second-order valence-corrected chi connectivity index (χ2v) is 6.74. The molecule has 5 heteroatoms. The second-order valence-electron chi connectivity index (χ2n) is 5.82. The minimum Gasteiger partial charge on any atom is -0.383 e. The van der Waals surface area contributed by atoms with Gasteiger partial charge >= 0.3 is 0 Å². The number of nitrogens with zero attached hydrogens (tertiary/aromatic N) is 2. The maximum Gasteiger partial charge on any atom is 0.270 e. The van der Waals surface area contributed by atoms with Gasteiger partial charge in [-0.25, -0.2) is 0 Å². The van der Waals surface area contributed by atoms with E-state index < -0.39 is 0 Å². The van der Waals surface area contributed by atoms with Gasteiger partial charge in [0, 0.05) is 36.9 Å². The number of aromatic nitrogens is 1. The molecular formula is C15H23BrN2O2. The van der Waals surface area contributed by atoms with Crippen LogP contribution in [0.3, 0.4) is 0 Å². The summed E-state index contributed by atoms with van der Waals surface area (Å²) in [5, 5.41) is 0. The van der Waals surface area contributed by atoms with E-state index in [1.54, 1.807) is 7.11 Å². The van der Waals surface area contributed by atoms with Gasteiger partial charge in [-0.05, 0) is 40.8 Å². The highest BCUT2D eigenvalue weighted by molar-refractivity contribution is 9.10. The third-order valence-electron chi connectivity index (χ3n) is 3.41. The molecular weight excluding hydrogens is 320 g/mol. The summed E-state index contributed by atoms with van der Waals surface area (Å²) in [5.74, 6) is 0.553. The highest BCUT2D eigenvalue weighted by Crippen LogP contribution is 2.37. The van der Waals surface area contributed by atoms with Gasteiger partial charge in [-0.2, -0.15) is 0 Å². The quantitative estimate of drug-likeness (QED) is 0.761. The highest BCUT2D eigenvalue weighted by atomic mass is 79.9. The summed E-state index contributed by atoms with van der Waals surface area (Å²) in [7, 11) is 1.67. The maximum atomic E-state index is 12.8. The molecule has 0 saturated heterocycles. The summed E-state index contributed by atoms with van der Waals surface area (Å²) in [6, 6.07) is 2.43. The van der Waals surface area contributed by atoms with E-state index in [1.807, 2.05) is 17.2 Å². The standard InChI is InChI=1S/C15H23BrN2O2/c1-11(2)9-17(6-7-20-3)15(19)14-8-12(16)10-18(14)13-4-5-13/h8,10-11,13H,4-7,9H2,1-3H3. The third-order valence-corrected chi connectivity index (χ3v) is 3.85. The molecule has 0 bridgehead atoms. The molecule has 1 fully saturated rings. The normalized spacial score (nSPS) is 14.8. The van der Waals surface area contributed by atoms with Crippen LogP contribution in [0.15, 0.2) is 16.7 Å². The van der Waals surface area contributed by atoms with Gasteiger partial charge < -0.3 is 14.2 Å². The lowest BCUT2D eigenvalue weighted by atomic mass is 10.2. The van der Waals surface area contributed by atoms with Gasteiger partial charge in [-0.15, -0.1) is 0 Å². The number of ether oxygens (including phenoxy) is 1. The van der Waals surface area contributed by atoms with Gasteiger partial charge in [0.25, 0.3) is 5.91 Å². The Morgan fingerprint density at radius 3 is 2.80 bits per heavy atom. The SMILES string of the molecule is COCCN(CC(C)C)C(=O)c1cc(Br)cn1C1CC1. The molecule has 1 heterocycles. The Labute approximate surface area is 129 Å². The summed E-state index contributed by atoms with van der Waals surface area (Å²) in [4.78, 5) is 14.7. The molecule has 0 unspecified atom stereocenters. The van der Waals surface area contributed by atoms with Gasteiger partial charge in [0.1, 0.15) is 5.69 Å². The topological polar surface area (TPSA) is 34.5 Å². The van der Waals surface area contributed by atoms with Crippen LogP contribution in [0.5, 0.6) is 0 Å². The molecule has 1 aromatic rings. The van der Waals surface area contributed by atoms with E-state index in [0.29, 0.717) is 25.1 Å². The van der Waals surface area contributed by atoms with E-state index in [4.69, 9.17) is 4.74 Å². The van der Waals surface area contributed by atoms with Crippen LogP contribution in [0.4, 0.5) is 0 Å². The molecule has 0 atom stereocenters. The Morgan fingerprint density at radius 2 is 2.25 bits per heavy atom. The number of halogens is 1. The van der Waals surface area contributed by atoms with E-state index in [9.17, 15) is 4.79 Å². The van der Waals surface area contributed by atoms with Crippen molar-refractivity contribution in [3.8, 4) is 0 Å². The van der Waals surface area contributed by atoms with Crippen LogP contribution in [-0.4, -0.2) is 42.2 Å². The number of carbonyl (C=O) groups excluding carboxylic acids is 1. The van der Waals surface area contributed by atoms with E-state index in [-0.39, 0.29) is 5.91 Å². The number of hydrogen-bond donors (Lipinski definition) is 0.